The van der Waals surface area contributed by atoms with E-state index in [2.05, 4.69) is 10.4 Å². The van der Waals surface area contributed by atoms with E-state index < -0.39 is 12.1 Å². The number of thioether (sulfide) groups is 1. The van der Waals surface area contributed by atoms with Gasteiger partial charge in [0.15, 0.2) is 0 Å². The van der Waals surface area contributed by atoms with Gasteiger partial charge < -0.3 is 10.2 Å². The van der Waals surface area contributed by atoms with Crippen LogP contribution in [0.4, 0.5) is 5.69 Å². The minimum atomic E-state index is -0.470. The Morgan fingerprint density at radius 3 is 2.59 bits per heavy atom. The molecule has 2 aromatic rings. The zero-order valence-corrected chi connectivity index (χ0v) is 17.3. The molecule has 2 heterocycles. The number of carbonyl (C=O) groups is 2. The first-order chi connectivity index (χ1) is 12.8. The van der Waals surface area contributed by atoms with Gasteiger partial charge in [0, 0.05) is 17.1 Å². The van der Waals surface area contributed by atoms with Crippen molar-refractivity contribution in [2.24, 2.45) is 0 Å². The molecule has 7 heteroatoms. The molecule has 1 fully saturated rings. The fourth-order valence-corrected chi connectivity index (χ4v) is 4.59. The van der Waals surface area contributed by atoms with Crippen LogP contribution < -0.4 is 5.32 Å². The van der Waals surface area contributed by atoms with Crippen molar-refractivity contribution in [1.82, 2.24) is 14.7 Å². The van der Waals surface area contributed by atoms with Crippen molar-refractivity contribution < 1.29 is 9.59 Å². The highest BCUT2D eigenvalue weighted by atomic mass is 32.2. The third kappa shape index (κ3) is 4.03. The average molecular weight is 387 g/mol. The molecule has 0 radical (unpaired) electrons. The molecule has 1 saturated heterocycles. The van der Waals surface area contributed by atoms with Crippen molar-refractivity contribution in [2.75, 3.05) is 16.9 Å². The van der Waals surface area contributed by atoms with Crippen LogP contribution in [0.5, 0.6) is 0 Å². The minimum absolute atomic E-state index is 0.0769. The number of nitrogens with one attached hydrogen (secondary N) is 1. The topological polar surface area (TPSA) is 67.2 Å². The lowest BCUT2D eigenvalue weighted by Crippen LogP contribution is -2.47. The van der Waals surface area contributed by atoms with Gasteiger partial charge >= 0.3 is 0 Å². The number of amides is 2. The summed E-state index contributed by atoms with van der Waals surface area (Å²) in [7, 11) is 0. The maximum Gasteiger partial charge on any atom is 0.248 e. The van der Waals surface area contributed by atoms with E-state index in [1.807, 2.05) is 58.9 Å². The summed E-state index contributed by atoms with van der Waals surface area (Å²) in [5, 5.41) is 7.41. The normalized spacial score (nSPS) is 17.8. The lowest BCUT2D eigenvalue weighted by Gasteiger charge is -2.26. The molecular formula is C20H26N4O2S. The van der Waals surface area contributed by atoms with Gasteiger partial charge in [-0.05, 0) is 52.3 Å². The van der Waals surface area contributed by atoms with Crippen LogP contribution in [0.15, 0.2) is 24.3 Å². The molecule has 6 nitrogen and oxygen atoms in total. The highest BCUT2D eigenvalue weighted by molar-refractivity contribution is 7.99. The highest BCUT2D eigenvalue weighted by Gasteiger charge is 2.37. The molecule has 0 bridgehead atoms. The number of aryl methyl sites for hydroxylation is 4. The van der Waals surface area contributed by atoms with E-state index in [0.29, 0.717) is 11.6 Å². The van der Waals surface area contributed by atoms with Gasteiger partial charge in [-0.2, -0.15) is 5.10 Å². The molecule has 2 atom stereocenters. The summed E-state index contributed by atoms with van der Waals surface area (Å²) in [4.78, 5) is 27.6. The summed E-state index contributed by atoms with van der Waals surface area (Å²) in [6.45, 7) is 9.68. The summed E-state index contributed by atoms with van der Waals surface area (Å²) in [5.74, 6) is 0.910. The van der Waals surface area contributed by atoms with Crippen LogP contribution in [0, 0.1) is 27.7 Å². The largest absolute Gasteiger partial charge is 0.324 e. The van der Waals surface area contributed by atoms with Crippen molar-refractivity contribution in [3.05, 3.63) is 46.8 Å². The van der Waals surface area contributed by atoms with Gasteiger partial charge in [0.25, 0.3) is 0 Å². The molecule has 1 aliphatic rings. The standard InChI is InChI=1S/C20H26N4O2S/c1-12-6-7-17(13(2)8-12)21-19(25)18-10-27-11-23(18)20(26)16(5)24-15(4)9-14(3)22-24/h6-9,16,18H,10-11H2,1-5H3,(H,21,25). The van der Waals surface area contributed by atoms with E-state index in [4.69, 9.17) is 0 Å². The van der Waals surface area contributed by atoms with Gasteiger partial charge in [0.05, 0.1) is 11.6 Å². The Hall–Kier alpha value is -2.28. The molecule has 1 aromatic heterocycles. The second-order valence-corrected chi connectivity index (χ2v) is 8.18. The Morgan fingerprint density at radius 1 is 1.22 bits per heavy atom. The molecule has 0 aliphatic carbocycles. The zero-order chi connectivity index (χ0) is 19.7. The summed E-state index contributed by atoms with van der Waals surface area (Å²) >= 11 is 1.60. The third-order valence-electron chi connectivity index (χ3n) is 4.88. The first-order valence-corrected chi connectivity index (χ1v) is 10.2. The van der Waals surface area contributed by atoms with Gasteiger partial charge in [-0.15, -0.1) is 11.8 Å². The zero-order valence-electron chi connectivity index (χ0n) is 16.4. The number of anilines is 1. The van der Waals surface area contributed by atoms with E-state index >= 15 is 0 Å². The number of aromatic nitrogens is 2. The van der Waals surface area contributed by atoms with E-state index in [9.17, 15) is 9.59 Å². The van der Waals surface area contributed by atoms with E-state index in [0.717, 1.165) is 28.2 Å². The molecule has 3 rings (SSSR count). The molecule has 2 amide bonds. The molecule has 0 saturated carbocycles. The lowest BCUT2D eigenvalue weighted by molar-refractivity contribution is -0.139. The van der Waals surface area contributed by atoms with Crippen LogP contribution in [0.3, 0.4) is 0 Å². The van der Waals surface area contributed by atoms with Crippen LogP contribution in [0.25, 0.3) is 0 Å². The van der Waals surface area contributed by atoms with Crippen LogP contribution >= 0.6 is 11.8 Å². The van der Waals surface area contributed by atoms with Crippen LogP contribution in [0.2, 0.25) is 0 Å². The molecule has 144 valence electrons. The van der Waals surface area contributed by atoms with Gasteiger partial charge in [0.2, 0.25) is 11.8 Å². The predicted octanol–water partition coefficient (Wildman–Crippen LogP) is 3.22. The van der Waals surface area contributed by atoms with Gasteiger partial charge in [-0.1, -0.05) is 17.7 Å². The number of hydrogen-bond donors (Lipinski definition) is 1. The van der Waals surface area contributed by atoms with Crippen molar-refractivity contribution in [1.29, 1.82) is 0 Å². The van der Waals surface area contributed by atoms with E-state index in [1.165, 1.54) is 0 Å². The molecule has 27 heavy (non-hydrogen) atoms. The lowest BCUT2D eigenvalue weighted by atomic mass is 10.1. The number of hydrogen-bond acceptors (Lipinski definition) is 4. The fraction of sp³-hybridized carbons (Fsp3) is 0.450. The SMILES string of the molecule is Cc1ccc(NC(=O)C2CSCN2C(=O)C(C)n2nc(C)cc2C)c(C)c1. The maximum absolute atomic E-state index is 13.1. The smallest absolute Gasteiger partial charge is 0.248 e. The monoisotopic (exact) mass is 386 g/mol. The van der Waals surface area contributed by atoms with Crippen molar-refractivity contribution >= 4 is 29.3 Å². The Bertz CT molecular complexity index is 877. The number of carbonyl (C=O) groups excluding carboxylic acids is 2. The number of benzene rings is 1. The molecule has 2 unspecified atom stereocenters. The molecule has 1 N–H and O–H groups in total. The Morgan fingerprint density at radius 2 is 1.96 bits per heavy atom. The molecule has 1 aliphatic heterocycles. The van der Waals surface area contributed by atoms with Crippen molar-refractivity contribution in [2.45, 2.75) is 46.7 Å². The highest BCUT2D eigenvalue weighted by Crippen LogP contribution is 2.26. The Kier molecular flexibility index (Phi) is 5.60. The minimum Gasteiger partial charge on any atom is -0.324 e. The first-order valence-electron chi connectivity index (χ1n) is 9.07. The second kappa shape index (κ2) is 7.76. The summed E-state index contributed by atoms with van der Waals surface area (Å²) < 4.78 is 1.74. The summed E-state index contributed by atoms with van der Waals surface area (Å²) in [6.07, 6.45) is 0. The van der Waals surface area contributed by atoms with Crippen LogP contribution in [-0.2, 0) is 9.59 Å². The fourth-order valence-electron chi connectivity index (χ4n) is 3.43. The molecule has 1 aromatic carbocycles. The third-order valence-corrected chi connectivity index (χ3v) is 5.89. The predicted molar refractivity (Wildman–Crippen MR) is 109 cm³/mol. The van der Waals surface area contributed by atoms with E-state index in [1.54, 1.807) is 21.3 Å². The maximum atomic E-state index is 13.1. The van der Waals surface area contributed by atoms with Crippen molar-refractivity contribution in [3.8, 4) is 0 Å². The quantitative estimate of drug-likeness (QED) is 0.876. The molecule has 0 spiro atoms. The second-order valence-electron chi connectivity index (χ2n) is 7.18. The van der Waals surface area contributed by atoms with Gasteiger partial charge in [-0.3, -0.25) is 14.3 Å². The first kappa shape index (κ1) is 19.5. The summed E-state index contributed by atoms with van der Waals surface area (Å²) in [6, 6.07) is 6.96. The summed E-state index contributed by atoms with van der Waals surface area (Å²) in [5.41, 5.74) is 4.78. The van der Waals surface area contributed by atoms with E-state index in [-0.39, 0.29) is 11.8 Å². The Balaban J connectivity index is 1.75. The number of rotatable bonds is 4. The van der Waals surface area contributed by atoms with Crippen LogP contribution in [-0.4, -0.2) is 44.2 Å². The van der Waals surface area contributed by atoms with Crippen LogP contribution in [0.1, 0.15) is 35.5 Å². The van der Waals surface area contributed by atoms with Gasteiger partial charge in [-0.25, -0.2) is 0 Å². The Labute approximate surface area is 164 Å². The van der Waals surface area contributed by atoms with Gasteiger partial charge in [0.1, 0.15) is 12.1 Å². The molecular weight excluding hydrogens is 360 g/mol. The average Bonchev–Trinajstić information content (AvgIpc) is 3.22. The van der Waals surface area contributed by atoms with Crippen molar-refractivity contribution in [3.63, 3.8) is 0 Å². The number of nitrogens with zero attached hydrogens (tertiary/aromatic N) is 3.